The quantitative estimate of drug-likeness (QED) is 0.602. The highest BCUT2D eigenvalue weighted by Gasteiger charge is 2.16. The maximum Gasteiger partial charge on any atom is 0.234 e. The third-order valence-corrected chi connectivity index (χ3v) is 5.11. The van der Waals surface area contributed by atoms with Gasteiger partial charge in [0.15, 0.2) is 0 Å². The minimum atomic E-state index is -0.277. The summed E-state index contributed by atoms with van der Waals surface area (Å²) < 4.78 is 6.91. The number of aromatic nitrogens is 4. The molecule has 1 aromatic heterocycles. The number of carbonyl (C=O) groups excluding carboxylic acids is 1. The summed E-state index contributed by atoms with van der Waals surface area (Å²) >= 11 is 13.3. The van der Waals surface area contributed by atoms with E-state index >= 15 is 0 Å². The van der Waals surface area contributed by atoms with Crippen LogP contribution in [0.2, 0.25) is 10.0 Å². The van der Waals surface area contributed by atoms with Gasteiger partial charge in [0.05, 0.1) is 28.6 Å². The molecule has 1 amide bonds. The van der Waals surface area contributed by atoms with Crippen molar-refractivity contribution in [2.45, 2.75) is 12.1 Å². The van der Waals surface area contributed by atoms with Crippen LogP contribution in [0.4, 0.5) is 5.69 Å². The molecule has 0 saturated heterocycles. The number of benzene rings is 2. The summed E-state index contributed by atoms with van der Waals surface area (Å²) in [5.41, 5.74) is 2.11. The Morgan fingerprint density at radius 1 is 1.26 bits per heavy atom. The van der Waals surface area contributed by atoms with E-state index in [2.05, 4.69) is 20.8 Å². The molecule has 0 saturated carbocycles. The molecule has 0 spiro atoms. The number of anilines is 1. The van der Waals surface area contributed by atoms with Crippen LogP contribution < -0.4 is 10.1 Å². The fraction of sp³-hybridized carbons (Fsp3) is 0.176. The van der Waals surface area contributed by atoms with Crippen LogP contribution in [0, 0.1) is 6.92 Å². The van der Waals surface area contributed by atoms with Gasteiger partial charge in [-0.1, -0.05) is 47.1 Å². The number of para-hydroxylation sites is 1. The molecule has 2 aromatic carbocycles. The van der Waals surface area contributed by atoms with Crippen molar-refractivity contribution >= 4 is 46.6 Å². The number of thioether (sulfide) groups is 1. The summed E-state index contributed by atoms with van der Waals surface area (Å²) in [6.07, 6.45) is 0. The lowest BCUT2D eigenvalue weighted by Crippen LogP contribution is -2.15. The second kappa shape index (κ2) is 8.60. The number of carbonyl (C=O) groups is 1. The van der Waals surface area contributed by atoms with Crippen LogP contribution in [-0.2, 0) is 4.79 Å². The van der Waals surface area contributed by atoms with Crippen molar-refractivity contribution in [3.05, 3.63) is 52.0 Å². The van der Waals surface area contributed by atoms with Gasteiger partial charge in [-0.2, -0.15) is 4.68 Å². The molecule has 0 unspecified atom stereocenters. The molecule has 1 heterocycles. The highest BCUT2D eigenvalue weighted by molar-refractivity contribution is 7.99. The molecule has 0 atom stereocenters. The number of amides is 1. The Balaban J connectivity index is 1.74. The van der Waals surface area contributed by atoms with Crippen molar-refractivity contribution in [1.29, 1.82) is 0 Å². The van der Waals surface area contributed by atoms with Gasteiger partial charge in [-0.25, -0.2) is 0 Å². The minimum absolute atomic E-state index is 0.0794. The third kappa shape index (κ3) is 4.52. The molecule has 0 radical (unpaired) electrons. The van der Waals surface area contributed by atoms with Gasteiger partial charge in [-0.3, -0.25) is 4.79 Å². The van der Waals surface area contributed by atoms with Gasteiger partial charge < -0.3 is 10.1 Å². The number of tetrazole rings is 1. The first-order chi connectivity index (χ1) is 13.0. The van der Waals surface area contributed by atoms with Crippen LogP contribution in [0.3, 0.4) is 0 Å². The number of nitrogens with one attached hydrogen (secondary N) is 1. The van der Waals surface area contributed by atoms with E-state index in [9.17, 15) is 4.79 Å². The molecular weight excluding hydrogens is 409 g/mol. The fourth-order valence-corrected chi connectivity index (χ4v) is 3.48. The molecule has 0 bridgehead atoms. The van der Waals surface area contributed by atoms with Crippen molar-refractivity contribution in [2.75, 3.05) is 18.2 Å². The van der Waals surface area contributed by atoms with Gasteiger partial charge in [0.1, 0.15) is 11.4 Å². The smallest absolute Gasteiger partial charge is 0.234 e. The van der Waals surface area contributed by atoms with E-state index in [1.165, 1.54) is 16.4 Å². The summed E-state index contributed by atoms with van der Waals surface area (Å²) in [6.45, 7) is 1.96. The number of hydrogen-bond acceptors (Lipinski definition) is 6. The molecule has 1 N–H and O–H groups in total. The Bertz CT molecular complexity index is 959. The maximum absolute atomic E-state index is 12.3. The second-order valence-corrected chi connectivity index (χ2v) is 7.24. The Morgan fingerprint density at radius 2 is 2.00 bits per heavy atom. The zero-order chi connectivity index (χ0) is 19.4. The lowest BCUT2D eigenvalue weighted by Gasteiger charge is -2.11. The SMILES string of the molecule is COc1ccc(C)cc1-n1nnnc1SCC(=O)Nc1c(Cl)cccc1Cl. The molecule has 10 heteroatoms. The first-order valence-corrected chi connectivity index (χ1v) is 9.54. The van der Waals surface area contributed by atoms with E-state index in [1.54, 1.807) is 25.3 Å². The van der Waals surface area contributed by atoms with E-state index in [0.717, 1.165) is 5.56 Å². The van der Waals surface area contributed by atoms with Gasteiger partial charge >= 0.3 is 0 Å². The Hall–Kier alpha value is -2.29. The van der Waals surface area contributed by atoms with Crippen molar-refractivity contribution in [2.24, 2.45) is 0 Å². The van der Waals surface area contributed by atoms with Crippen LogP contribution in [-0.4, -0.2) is 39.0 Å². The Morgan fingerprint density at radius 3 is 2.70 bits per heavy atom. The van der Waals surface area contributed by atoms with Crippen molar-refractivity contribution < 1.29 is 9.53 Å². The number of nitrogens with zero attached hydrogens (tertiary/aromatic N) is 4. The van der Waals surface area contributed by atoms with Gasteiger partial charge in [0.2, 0.25) is 11.1 Å². The summed E-state index contributed by atoms with van der Waals surface area (Å²) in [7, 11) is 1.58. The normalized spacial score (nSPS) is 10.7. The van der Waals surface area contributed by atoms with Gasteiger partial charge in [0.25, 0.3) is 0 Å². The first kappa shape index (κ1) is 19.5. The summed E-state index contributed by atoms with van der Waals surface area (Å²) in [5, 5.41) is 15.6. The monoisotopic (exact) mass is 423 g/mol. The Labute approximate surface area is 170 Å². The van der Waals surface area contributed by atoms with Crippen molar-refractivity contribution in [3.63, 3.8) is 0 Å². The lowest BCUT2D eigenvalue weighted by molar-refractivity contribution is -0.113. The molecular formula is C17H15Cl2N5O2S. The highest BCUT2D eigenvalue weighted by atomic mass is 35.5. The number of aryl methyl sites for hydroxylation is 1. The van der Waals surface area contributed by atoms with Crippen LogP contribution in [0.15, 0.2) is 41.6 Å². The average Bonchev–Trinajstić information content (AvgIpc) is 3.11. The molecule has 3 rings (SSSR count). The number of ether oxygens (including phenoxy) is 1. The zero-order valence-electron chi connectivity index (χ0n) is 14.4. The van der Waals surface area contributed by atoms with Crippen LogP contribution in [0.25, 0.3) is 5.69 Å². The lowest BCUT2D eigenvalue weighted by atomic mass is 10.2. The first-order valence-electron chi connectivity index (χ1n) is 7.79. The second-order valence-electron chi connectivity index (χ2n) is 5.48. The predicted molar refractivity (Wildman–Crippen MR) is 106 cm³/mol. The molecule has 140 valence electrons. The van der Waals surface area contributed by atoms with E-state index in [1.807, 2.05) is 25.1 Å². The third-order valence-electron chi connectivity index (χ3n) is 3.56. The van der Waals surface area contributed by atoms with Crippen molar-refractivity contribution in [3.8, 4) is 11.4 Å². The molecule has 0 aliphatic carbocycles. The highest BCUT2D eigenvalue weighted by Crippen LogP contribution is 2.30. The molecule has 0 fully saturated rings. The summed E-state index contributed by atoms with van der Waals surface area (Å²) in [4.78, 5) is 12.3. The number of rotatable bonds is 6. The maximum atomic E-state index is 12.3. The topological polar surface area (TPSA) is 81.9 Å². The van der Waals surface area contributed by atoms with Crippen LogP contribution >= 0.6 is 35.0 Å². The van der Waals surface area contributed by atoms with E-state index < -0.39 is 0 Å². The number of methoxy groups -OCH3 is 1. The summed E-state index contributed by atoms with van der Waals surface area (Å²) in [5.74, 6) is 0.429. The van der Waals surface area contributed by atoms with Gasteiger partial charge in [-0.05, 0) is 47.2 Å². The summed E-state index contributed by atoms with van der Waals surface area (Å²) in [6, 6.07) is 10.7. The molecule has 0 aliphatic rings. The number of halogens is 2. The van der Waals surface area contributed by atoms with Crippen LogP contribution in [0.1, 0.15) is 5.56 Å². The standard InChI is InChI=1S/C17H15Cl2N5O2S/c1-10-6-7-14(26-2)13(8-10)24-17(21-22-23-24)27-9-15(25)20-16-11(18)4-3-5-12(16)19/h3-8H,9H2,1-2H3,(H,20,25). The van der Waals surface area contributed by atoms with Crippen LogP contribution in [0.5, 0.6) is 5.75 Å². The van der Waals surface area contributed by atoms with Gasteiger partial charge in [0, 0.05) is 0 Å². The molecule has 7 nitrogen and oxygen atoms in total. The van der Waals surface area contributed by atoms with E-state index in [4.69, 9.17) is 27.9 Å². The minimum Gasteiger partial charge on any atom is -0.494 e. The molecule has 0 aliphatic heterocycles. The molecule has 3 aromatic rings. The van der Waals surface area contributed by atoms with Crippen molar-refractivity contribution in [1.82, 2.24) is 20.2 Å². The molecule has 27 heavy (non-hydrogen) atoms. The fourth-order valence-electron chi connectivity index (χ4n) is 2.31. The zero-order valence-corrected chi connectivity index (χ0v) is 16.8. The average molecular weight is 424 g/mol. The van der Waals surface area contributed by atoms with E-state index in [0.29, 0.717) is 32.3 Å². The Kier molecular flexibility index (Phi) is 6.20. The predicted octanol–water partition coefficient (Wildman–Crippen LogP) is 4.02. The van der Waals surface area contributed by atoms with Gasteiger partial charge in [-0.15, -0.1) is 5.10 Å². The number of hydrogen-bond donors (Lipinski definition) is 1. The van der Waals surface area contributed by atoms with E-state index in [-0.39, 0.29) is 11.7 Å². The largest absolute Gasteiger partial charge is 0.494 e.